The minimum absolute atomic E-state index is 0.182. The molecule has 1 heterocycles. The number of benzene rings is 1. The van der Waals surface area contributed by atoms with E-state index in [1.165, 1.54) is 17.5 Å². The number of nitrogens with zero attached hydrogens (tertiary/aromatic N) is 1. The van der Waals surface area contributed by atoms with Crippen molar-refractivity contribution in [3.05, 3.63) is 29.3 Å². The standard InChI is InChI=1S/C17H22N2O/c1-2-15(19-16-5-3-4-14(16)11-18)12-6-7-17-13(10-12)8-9-20-17/h6-7,10,14-16,19H,2-5,8-9H2,1H3. The lowest BCUT2D eigenvalue weighted by atomic mass is 9.98. The molecule has 3 heteroatoms. The van der Waals surface area contributed by atoms with Crippen molar-refractivity contribution in [2.45, 2.75) is 51.1 Å². The average molecular weight is 270 g/mol. The number of ether oxygens (including phenoxy) is 1. The second-order valence-corrected chi connectivity index (χ2v) is 5.87. The summed E-state index contributed by atoms with van der Waals surface area (Å²) in [6.45, 7) is 3.01. The Hall–Kier alpha value is -1.53. The summed E-state index contributed by atoms with van der Waals surface area (Å²) in [6.07, 6.45) is 5.41. The van der Waals surface area contributed by atoms with Crippen molar-refractivity contribution in [3.8, 4) is 11.8 Å². The molecule has 0 radical (unpaired) electrons. The summed E-state index contributed by atoms with van der Waals surface area (Å²) in [5.41, 5.74) is 2.66. The van der Waals surface area contributed by atoms with Crippen LogP contribution in [0.4, 0.5) is 0 Å². The van der Waals surface area contributed by atoms with Gasteiger partial charge in [-0.25, -0.2) is 0 Å². The Morgan fingerprint density at radius 3 is 3.15 bits per heavy atom. The molecule has 1 fully saturated rings. The predicted molar refractivity (Wildman–Crippen MR) is 78.6 cm³/mol. The summed E-state index contributed by atoms with van der Waals surface area (Å²) in [6, 6.07) is 9.70. The van der Waals surface area contributed by atoms with E-state index in [1.54, 1.807) is 0 Å². The molecule has 3 unspecified atom stereocenters. The molecule has 1 aromatic rings. The van der Waals surface area contributed by atoms with E-state index in [2.05, 4.69) is 36.5 Å². The molecule has 1 aromatic carbocycles. The maximum Gasteiger partial charge on any atom is 0.122 e. The van der Waals surface area contributed by atoms with Crippen LogP contribution in [0.15, 0.2) is 18.2 Å². The van der Waals surface area contributed by atoms with E-state index in [0.717, 1.165) is 38.0 Å². The quantitative estimate of drug-likeness (QED) is 0.912. The van der Waals surface area contributed by atoms with E-state index in [-0.39, 0.29) is 5.92 Å². The third kappa shape index (κ3) is 2.53. The zero-order chi connectivity index (χ0) is 13.9. The lowest BCUT2D eigenvalue weighted by molar-refractivity contribution is 0.356. The fourth-order valence-corrected chi connectivity index (χ4v) is 3.45. The van der Waals surface area contributed by atoms with Crippen LogP contribution < -0.4 is 10.1 Å². The molecule has 3 atom stereocenters. The van der Waals surface area contributed by atoms with Crippen LogP contribution in [-0.2, 0) is 6.42 Å². The minimum Gasteiger partial charge on any atom is -0.493 e. The summed E-state index contributed by atoms with van der Waals surface area (Å²) in [5, 5.41) is 12.9. The monoisotopic (exact) mass is 270 g/mol. The van der Waals surface area contributed by atoms with E-state index in [9.17, 15) is 5.26 Å². The van der Waals surface area contributed by atoms with Gasteiger partial charge in [-0.1, -0.05) is 25.5 Å². The number of fused-ring (bicyclic) bond motifs is 1. The van der Waals surface area contributed by atoms with Crippen molar-refractivity contribution >= 4 is 0 Å². The summed E-state index contributed by atoms with van der Waals surface area (Å²) >= 11 is 0. The van der Waals surface area contributed by atoms with Crippen molar-refractivity contribution in [2.24, 2.45) is 5.92 Å². The van der Waals surface area contributed by atoms with Gasteiger partial charge in [0.2, 0.25) is 0 Å². The number of hydrogen-bond acceptors (Lipinski definition) is 3. The molecule has 3 nitrogen and oxygen atoms in total. The first-order valence-electron chi connectivity index (χ1n) is 7.73. The van der Waals surface area contributed by atoms with Crippen LogP contribution in [0.5, 0.6) is 5.75 Å². The maximum atomic E-state index is 9.21. The molecule has 2 aliphatic rings. The fourth-order valence-electron chi connectivity index (χ4n) is 3.45. The molecule has 1 saturated carbocycles. The van der Waals surface area contributed by atoms with Gasteiger partial charge in [0.25, 0.3) is 0 Å². The van der Waals surface area contributed by atoms with Gasteiger partial charge in [0.05, 0.1) is 18.6 Å². The summed E-state index contributed by atoms with van der Waals surface area (Å²) < 4.78 is 5.57. The third-order valence-corrected chi connectivity index (χ3v) is 4.62. The first kappa shape index (κ1) is 13.5. The second-order valence-electron chi connectivity index (χ2n) is 5.87. The summed E-state index contributed by atoms with van der Waals surface area (Å²) in [7, 11) is 0. The first-order valence-corrected chi connectivity index (χ1v) is 7.73. The Labute approximate surface area is 120 Å². The maximum absolute atomic E-state index is 9.21. The minimum atomic E-state index is 0.182. The van der Waals surface area contributed by atoms with Gasteiger partial charge in [-0.3, -0.25) is 0 Å². The average Bonchev–Trinajstić information content (AvgIpc) is 3.12. The summed E-state index contributed by atoms with van der Waals surface area (Å²) in [4.78, 5) is 0. The molecule has 106 valence electrons. The molecular weight excluding hydrogens is 248 g/mol. The molecular formula is C17H22N2O. The van der Waals surface area contributed by atoms with Gasteiger partial charge in [-0.05, 0) is 36.5 Å². The molecule has 0 aromatic heterocycles. The van der Waals surface area contributed by atoms with Gasteiger partial charge in [0.1, 0.15) is 5.75 Å². The smallest absolute Gasteiger partial charge is 0.122 e. The van der Waals surface area contributed by atoms with Gasteiger partial charge in [0.15, 0.2) is 0 Å². The number of nitriles is 1. The van der Waals surface area contributed by atoms with E-state index in [1.807, 2.05) is 0 Å². The molecule has 1 N–H and O–H groups in total. The van der Waals surface area contributed by atoms with Gasteiger partial charge in [0, 0.05) is 18.5 Å². The normalized spacial score (nSPS) is 25.8. The number of hydrogen-bond donors (Lipinski definition) is 1. The molecule has 0 bridgehead atoms. The first-order chi connectivity index (χ1) is 9.81. The van der Waals surface area contributed by atoms with Crippen LogP contribution in [0.3, 0.4) is 0 Å². The molecule has 0 amide bonds. The molecule has 0 spiro atoms. The lowest BCUT2D eigenvalue weighted by Gasteiger charge is -2.24. The Kier molecular flexibility index (Phi) is 3.93. The van der Waals surface area contributed by atoms with Crippen molar-refractivity contribution in [1.29, 1.82) is 5.26 Å². The Morgan fingerprint density at radius 2 is 2.35 bits per heavy atom. The molecule has 0 saturated heterocycles. The number of nitrogens with one attached hydrogen (secondary N) is 1. The van der Waals surface area contributed by atoms with Crippen LogP contribution in [0.25, 0.3) is 0 Å². The SMILES string of the molecule is CCC(NC1CCCC1C#N)c1ccc2c(c1)CCO2. The van der Waals surface area contributed by atoms with Crippen LogP contribution in [0.2, 0.25) is 0 Å². The molecule has 20 heavy (non-hydrogen) atoms. The largest absolute Gasteiger partial charge is 0.493 e. The second kappa shape index (κ2) is 5.85. The highest BCUT2D eigenvalue weighted by Crippen LogP contribution is 2.31. The van der Waals surface area contributed by atoms with Crippen molar-refractivity contribution < 1.29 is 4.74 Å². The van der Waals surface area contributed by atoms with Crippen molar-refractivity contribution in [1.82, 2.24) is 5.32 Å². The topological polar surface area (TPSA) is 45.0 Å². The van der Waals surface area contributed by atoms with E-state index in [4.69, 9.17) is 4.74 Å². The van der Waals surface area contributed by atoms with Gasteiger partial charge in [-0.2, -0.15) is 5.26 Å². The summed E-state index contributed by atoms with van der Waals surface area (Å²) in [5.74, 6) is 1.22. The van der Waals surface area contributed by atoms with Crippen LogP contribution >= 0.6 is 0 Å². The van der Waals surface area contributed by atoms with Crippen LogP contribution in [-0.4, -0.2) is 12.6 Å². The predicted octanol–water partition coefficient (Wildman–Crippen LogP) is 3.35. The zero-order valence-corrected chi connectivity index (χ0v) is 12.1. The highest BCUT2D eigenvalue weighted by Gasteiger charge is 2.29. The molecule has 1 aliphatic heterocycles. The van der Waals surface area contributed by atoms with Gasteiger partial charge < -0.3 is 10.1 Å². The van der Waals surface area contributed by atoms with E-state index >= 15 is 0 Å². The Morgan fingerprint density at radius 1 is 1.45 bits per heavy atom. The third-order valence-electron chi connectivity index (χ3n) is 4.62. The van der Waals surface area contributed by atoms with E-state index < -0.39 is 0 Å². The van der Waals surface area contributed by atoms with Gasteiger partial charge in [-0.15, -0.1) is 0 Å². The highest BCUT2D eigenvalue weighted by atomic mass is 16.5. The zero-order valence-electron chi connectivity index (χ0n) is 12.1. The molecule has 1 aliphatic carbocycles. The highest BCUT2D eigenvalue weighted by molar-refractivity contribution is 5.40. The van der Waals surface area contributed by atoms with Crippen LogP contribution in [0.1, 0.15) is 49.8 Å². The van der Waals surface area contributed by atoms with Crippen molar-refractivity contribution in [3.63, 3.8) is 0 Å². The number of rotatable bonds is 4. The Bertz CT molecular complexity index is 520. The fraction of sp³-hybridized carbons (Fsp3) is 0.588. The van der Waals surface area contributed by atoms with Crippen LogP contribution in [0, 0.1) is 17.2 Å². The Balaban J connectivity index is 1.75. The van der Waals surface area contributed by atoms with Gasteiger partial charge >= 0.3 is 0 Å². The molecule has 3 rings (SSSR count). The lowest BCUT2D eigenvalue weighted by Crippen LogP contribution is -2.35. The van der Waals surface area contributed by atoms with Crippen molar-refractivity contribution in [2.75, 3.05) is 6.61 Å². The van der Waals surface area contributed by atoms with E-state index in [0.29, 0.717) is 12.1 Å².